The molecule has 0 aliphatic heterocycles. The fourth-order valence-electron chi connectivity index (χ4n) is 1.75. The maximum atomic E-state index is 13.3. The maximum Gasteiger partial charge on any atom is 0.491 e. The van der Waals surface area contributed by atoms with E-state index >= 15 is 0 Å². The third-order valence-electron chi connectivity index (χ3n) is 2.68. The van der Waals surface area contributed by atoms with Gasteiger partial charge in [-0.05, 0) is 42.9 Å². The number of halogens is 1. The van der Waals surface area contributed by atoms with Crippen LogP contribution in [0.3, 0.4) is 0 Å². The highest BCUT2D eigenvalue weighted by Gasteiger charge is 2.27. The average Bonchev–Trinajstić information content (AvgIpc) is 2.91. The van der Waals surface area contributed by atoms with Crippen LogP contribution in [-0.4, -0.2) is 17.2 Å². The molecule has 2 rings (SSSR count). The van der Waals surface area contributed by atoms with E-state index in [-0.39, 0.29) is 5.46 Å². The van der Waals surface area contributed by atoms with Crippen molar-refractivity contribution in [3.05, 3.63) is 29.1 Å². The van der Waals surface area contributed by atoms with E-state index in [9.17, 15) is 4.39 Å². The summed E-state index contributed by atoms with van der Waals surface area (Å²) in [5, 5.41) is 17.8. The summed E-state index contributed by atoms with van der Waals surface area (Å²) >= 11 is 0. The molecular weight excluding hydrogens is 182 g/mol. The Bertz CT molecular complexity index is 334. The molecule has 1 aromatic rings. The summed E-state index contributed by atoms with van der Waals surface area (Å²) in [6, 6.07) is 2.95. The summed E-state index contributed by atoms with van der Waals surface area (Å²) < 4.78 is 13.3. The zero-order valence-electron chi connectivity index (χ0n) is 8.00. The van der Waals surface area contributed by atoms with Crippen LogP contribution in [0.5, 0.6) is 0 Å². The topological polar surface area (TPSA) is 40.5 Å². The second-order valence-corrected chi connectivity index (χ2v) is 3.88. The van der Waals surface area contributed by atoms with Crippen LogP contribution in [0.15, 0.2) is 12.1 Å². The molecule has 1 aromatic carbocycles. The van der Waals surface area contributed by atoms with Crippen molar-refractivity contribution < 1.29 is 14.4 Å². The van der Waals surface area contributed by atoms with Crippen LogP contribution in [0.4, 0.5) is 4.39 Å². The van der Waals surface area contributed by atoms with Crippen molar-refractivity contribution in [1.82, 2.24) is 0 Å². The Morgan fingerprint density at radius 3 is 2.50 bits per heavy atom. The van der Waals surface area contributed by atoms with Crippen LogP contribution in [-0.2, 0) is 0 Å². The van der Waals surface area contributed by atoms with Gasteiger partial charge in [0.2, 0.25) is 0 Å². The van der Waals surface area contributed by atoms with Gasteiger partial charge in [0, 0.05) is 5.46 Å². The van der Waals surface area contributed by atoms with Crippen LogP contribution in [0.2, 0.25) is 0 Å². The molecule has 0 heterocycles. The minimum absolute atomic E-state index is 0.0353. The minimum atomic E-state index is -1.72. The molecule has 74 valence electrons. The standard InChI is InChI=1S/C10H12BFO2/c1-6-4-9(11(13)14)10(12)5-8(6)7-2-3-7/h4-5,7,13-14H,2-3H2,1H3. The maximum absolute atomic E-state index is 13.3. The van der Waals surface area contributed by atoms with Crippen molar-refractivity contribution >= 4 is 12.6 Å². The van der Waals surface area contributed by atoms with Gasteiger partial charge < -0.3 is 10.0 Å². The highest BCUT2D eigenvalue weighted by molar-refractivity contribution is 6.58. The Morgan fingerprint density at radius 2 is 2.00 bits per heavy atom. The van der Waals surface area contributed by atoms with E-state index < -0.39 is 12.9 Å². The lowest BCUT2D eigenvalue weighted by Crippen LogP contribution is -2.33. The molecule has 1 aliphatic rings. The molecule has 2 nitrogen and oxygen atoms in total. The van der Waals surface area contributed by atoms with Gasteiger partial charge in [0.1, 0.15) is 5.82 Å². The second-order valence-electron chi connectivity index (χ2n) is 3.88. The van der Waals surface area contributed by atoms with Gasteiger partial charge in [-0.25, -0.2) is 4.39 Å². The summed E-state index contributed by atoms with van der Waals surface area (Å²) in [5.41, 5.74) is 1.91. The Morgan fingerprint density at radius 1 is 1.36 bits per heavy atom. The molecule has 0 saturated heterocycles. The third-order valence-corrected chi connectivity index (χ3v) is 2.68. The van der Waals surface area contributed by atoms with Gasteiger partial charge in [0.05, 0.1) is 0 Å². The van der Waals surface area contributed by atoms with Crippen molar-refractivity contribution in [3.63, 3.8) is 0 Å². The first-order valence-corrected chi connectivity index (χ1v) is 4.75. The van der Waals surface area contributed by atoms with Gasteiger partial charge in [-0.2, -0.15) is 0 Å². The fourth-order valence-corrected chi connectivity index (χ4v) is 1.75. The number of hydrogen-bond donors (Lipinski definition) is 2. The fraction of sp³-hybridized carbons (Fsp3) is 0.400. The Hall–Kier alpha value is -0.865. The minimum Gasteiger partial charge on any atom is -0.423 e. The van der Waals surface area contributed by atoms with Crippen molar-refractivity contribution in [3.8, 4) is 0 Å². The molecule has 1 aliphatic carbocycles. The molecule has 0 unspecified atom stereocenters. The number of benzene rings is 1. The van der Waals surface area contributed by atoms with Crippen LogP contribution < -0.4 is 5.46 Å². The highest BCUT2D eigenvalue weighted by atomic mass is 19.1. The number of rotatable bonds is 2. The van der Waals surface area contributed by atoms with E-state index in [1.807, 2.05) is 6.92 Å². The van der Waals surface area contributed by atoms with Gasteiger partial charge in [-0.1, -0.05) is 6.07 Å². The molecule has 0 spiro atoms. The monoisotopic (exact) mass is 194 g/mol. The molecule has 2 N–H and O–H groups in total. The molecule has 0 bridgehead atoms. The van der Waals surface area contributed by atoms with Crippen LogP contribution in [0.1, 0.15) is 29.9 Å². The first-order chi connectivity index (χ1) is 6.59. The SMILES string of the molecule is Cc1cc(B(O)O)c(F)cc1C1CC1. The molecule has 4 heteroatoms. The summed E-state index contributed by atoms with van der Waals surface area (Å²) in [6.07, 6.45) is 2.22. The summed E-state index contributed by atoms with van der Waals surface area (Å²) in [4.78, 5) is 0. The van der Waals surface area contributed by atoms with Gasteiger partial charge in [-0.15, -0.1) is 0 Å². The molecule has 14 heavy (non-hydrogen) atoms. The second kappa shape index (κ2) is 3.37. The third kappa shape index (κ3) is 1.67. The van der Waals surface area contributed by atoms with Crippen molar-refractivity contribution in [2.75, 3.05) is 0 Å². The highest BCUT2D eigenvalue weighted by Crippen LogP contribution is 2.41. The quantitative estimate of drug-likeness (QED) is 0.680. The summed E-state index contributed by atoms with van der Waals surface area (Å²) in [5.74, 6) is -0.0399. The first-order valence-electron chi connectivity index (χ1n) is 4.75. The van der Waals surface area contributed by atoms with Crippen LogP contribution >= 0.6 is 0 Å². The Kier molecular flexibility index (Phi) is 2.33. The van der Waals surface area contributed by atoms with E-state index in [1.54, 1.807) is 0 Å². The Balaban J connectivity index is 2.43. The van der Waals surface area contributed by atoms with E-state index in [2.05, 4.69) is 0 Å². The summed E-state index contributed by atoms with van der Waals surface area (Å²) in [7, 11) is -1.72. The van der Waals surface area contributed by atoms with E-state index in [4.69, 9.17) is 10.0 Å². The predicted molar refractivity (Wildman–Crippen MR) is 52.9 cm³/mol. The van der Waals surface area contributed by atoms with E-state index in [0.717, 1.165) is 24.0 Å². The van der Waals surface area contributed by atoms with E-state index in [0.29, 0.717) is 5.92 Å². The van der Waals surface area contributed by atoms with Crippen molar-refractivity contribution in [2.24, 2.45) is 0 Å². The molecule has 1 fully saturated rings. The van der Waals surface area contributed by atoms with Gasteiger partial charge in [0.25, 0.3) is 0 Å². The lowest BCUT2D eigenvalue weighted by molar-refractivity contribution is 0.423. The molecule has 0 atom stereocenters. The van der Waals surface area contributed by atoms with Gasteiger partial charge in [-0.3, -0.25) is 0 Å². The average molecular weight is 194 g/mol. The van der Waals surface area contributed by atoms with Gasteiger partial charge >= 0.3 is 7.12 Å². The molecule has 1 saturated carbocycles. The lowest BCUT2D eigenvalue weighted by Gasteiger charge is -2.08. The van der Waals surface area contributed by atoms with Crippen LogP contribution in [0, 0.1) is 12.7 Å². The zero-order valence-corrected chi connectivity index (χ0v) is 8.00. The van der Waals surface area contributed by atoms with Crippen molar-refractivity contribution in [2.45, 2.75) is 25.7 Å². The molecule has 0 amide bonds. The first kappa shape index (κ1) is 9.68. The normalized spacial score (nSPS) is 15.7. The molecule has 0 aromatic heterocycles. The lowest BCUT2D eigenvalue weighted by atomic mass is 9.78. The largest absolute Gasteiger partial charge is 0.491 e. The van der Waals surface area contributed by atoms with Crippen LogP contribution in [0.25, 0.3) is 0 Å². The molecular formula is C10H12BFO2. The number of aryl methyl sites for hydroxylation is 1. The van der Waals surface area contributed by atoms with Gasteiger partial charge in [0.15, 0.2) is 0 Å². The van der Waals surface area contributed by atoms with E-state index in [1.165, 1.54) is 12.1 Å². The summed E-state index contributed by atoms with van der Waals surface area (Å²) in [6.45, 7) is 1.87. The van der Waals surface area contributed by atoms with Crippen molar-refractivity contribution in [1.29, 1.82) is 0 Å². The predicted octanol–water partition coefficient (Wildman–Crippen LogP) is 0.691. The number of hydrogen-bond acceptors (Lipinski definition) is 2. The smallest absolute Gasteiger partial charge is 0.423 e. The zero-order chi connectivity index (χ0) is 10.3. The molecule has 0 radical (unpaired) electrons. The Labute approximate surface area is 82.5 Å².